The van der Waals surface area contributed by atoms with E-state index in [1.54, 1.807) is 0 Å². The van der Waals surface area contributed by atoms with Gasteiger partial charge in [0.15, 0.2) is 0 Å². The highest BCUT2D eigenvalue weighted by atomic mass is 14.8. The molecule has 15 heavy (non-hydrogen) atoms. The molecule has 0 saturated heterocycles. The largest absolute Gasteiger partial charge is 0.289 e. The highest BCUT2D eigenvalue weighted by Gasteiger charge is 2.06. The summed E-state index contributed by atoms with van der Waals surface area (Å²) in [5.41, 5.74) is 1.26. The van der Waals surface area contributed by atoms with Gasteiger partial charge in [0.2, 0.25) is 0 Å². The predicted octanol–water partition coefficient (Wildman–Crippen LogP) is 4.03. The van der Waals surface area contributed by atoms with Crippen molar-refractivity contribution in [2.24, 2.45) is 10.9 Å². The summed E-state index contributed by atoms with van der Waals surface area (Å²) in [7, 11) is 0. The van der Waals surface area contributed by atoms with Crippen molar-refractivity contribution in [1.82, 2.24) is 0 Å². The predicted molar refractivity (Wildman–Crippen MR) is 67.3 cm³/mol. The molecule has 0 radical (unpaired) electrons. The third-order valence-corrected chi connectivity index (χ3v) is 2.14. The third-order valence-electron chi connectivity index (χ3n) is 2.14. The van der Waals surface area contributed by atoms with Gasteiger partial charge in [0.25, 0.3) is 0 Å². The zero-order valence-corrected chi connectivity index (χ0v) is 9.56. The van der Waals surface area contributed by atoms with Gasteiger partial charge in [0.05, 0.1) is 6.04 Å². The molecule has 1 heteroatoms. The molecule has 1 aromatic rings. The van der Waals surface area contributed by atoms with Crippen LogP contribution in [0.1, 0.15) is 31.9 Å². The van der Waals surface area contributed by atoms with Crippen LogP contribution in [0.15, 0.2) is 48.0 Å². The molecule has 0 aliphatic heterocycles. The van der Waals surface area contributed by atoms with E-state index in [9.17, 15) is 0 Å². The van der Waals surface area contributed by atoms with Crippen LogP contribution in [0, 0.1) is 5.92 Å². The molecule has 1 atom stereocenters. The maximum atomic E-state index is 4.59. The fraction of sp³-hybridized carbons (Fsp3) is 0.357. The molecule has 0 aromatic heterocycles. The molecule has 1 rings (SSSR count). The number of benzene rings is 1. The van der Waals surface area contributed by atoms with Crippen LogP contribution >= 0.6 is 0 Å². The van der Waals surface area contributed by atoms with Crippen LogP contribution in [0.25, 0.3) is 0 Å². The minimum atomic E-state index is 0.228. The van der Waals surface area contributed by atoms with Crippen LogP contribution in [0.2, 0.25) is 0 Å². The maximum absolute atomic E-state index is 4.59. The summed E-state index contributed by atoms with van der Waals surface area (Å²) in [6, 6.07) is 10.6. The van der Waals surface area contributed by atoms with Gasteiger partial charge in [-0.05, 0) is 17.9 Å². The van der Waals surface area contributed by atoms with Crippen molar-refractivity contribution < 1.29 is 0 Å². The summed E-state index contributed by atoms with van der Waals surface area (Å²) in [4.78, 5) is 4.59. The summed E-state index contributed by atoms with van der Waals surface area (Å²) in [6.07, 6.45) is 4.84. The minimum Gasteiger partial charge on any atom is -0.289 e. The van der Waals surface area contributed by atoms with Gasteiger partial charge in [-0.3, -0.25) is 4.99 Å². The molecule has 1 nitrogen and oxygen atoms in total. The Balaban J connectivity index is 2.78. The summed E-state index contributed by atoms with van der Waals surface area (Å²) in [5, 5.41) is 0. The smallest absolute Gasteiger partial charge is 0.0779 e. The van der Waals surface area contributed by atoms with Gasteiger partial charge in [-0.15, -0.1) is 6.58 Å². The molecule has 0 saturated carbocycles. The van der Waals surface area contributed by atoms with Gasteiger partial charge in [-0.25, -0.2) is 0 Å². The average molecular weight is 201 g/mol. The first-order valence-corrected chi connectivity index (χ1v) is 5.43. The first-order valence-electron chi connectivity index (χ1n) is 5.43. The van der Waals surface area contributed by atoms with E-state index in [-0.39, 0.29) is 6.04 Å². The number of hydrogen-bond donors (Lipinski definition) is 0. The number of hydrogen-bond acceptors (Lipinski definition) is 1. The molecule has 1 unspecified atom stereocenters. The lowest BCUT2D eigenvalue weighted by molar-refractivity contribution is 0.735. The maximum Gasteiger partial charge on any atom is 0.0779 e. The van der Waals surface area contributed by atoms with Crippen LogP contribution < -0.4 is 0 Å². The van der Waals surface area contributed by atoms with E-state index >= 15 is 0 Å². The molecule has 0 fully saturated rings. The van der Waals surface area contributed by atoms with E-state index in [0.29, 0.717) is 5.92 Å². The number of rotatable bonds is 5. The lowest BCUT2D eigenvalue weighted by Gasteiger charge is -2.10. The second-order valence-corrected chi connectivity index (χ2v) is 3.99. The first kappa shape index (κ1) is 11.7. The lowest BCUT2D eigenvalue weighted by Crippen LogP contribution is -1.97. The van der Waals surface area contributed by atoms with Crippen molar-refractivity contribution in [3.63, 3.8) is 0 Å². The summed E-state index contributed by atoms with van der Waals surface area (Å²) < 4.78 is 0. The molecule has 0 amide bonds. The van der Waals surface area contributed by atoms with Crippen LogP contribution in [-0.4, -0.2) is 6.21 Å². The van der Waals surface area contributed by atoms with E-state index in [2.05, 4.69) is 49.7 Å². The van der Waals surface area contributed by atoms with E-state index < -0.39 is 0 Å². The fourth-order valence-electron chi connectivity index (χ4n) is 1.39. The van der Waals surface area contributed by atoms with Crippen LogP contribution in [0.3, 0.4) is 0 Å². The van der Waals surface area contributed by atoms with Gasteiger partial charge in [0, 0.05) is 6.21 Å². The Morgan fingerprint density at radius 2 is 1.93 bits per heavy atom. The van der Waals surface area contributed by atoms with Crippen molar-refractivity contribution in [2.75, 3.05) is 0 Å². The van der Waals surface area contributed by atoms with E-state index in [4.69, 9.17) is 0 Å². The Morgan fingerprint density at radius 3 is 2.47 bits per heavy atom. The lowest BCUT2D eigenvalue weighted by atomic mass is 10.0. The molecule has 1 aromatic carbocycles. The van der Waals surface area contributed by atoms with Crippen molar-refractivity contribution in [1.29, 1.82) is 0 Å². The van der Waals surface area contributed by atoms with Crippen LogP contribution in [-0.2, 0) is 0 Å². The zero-order valence-electron chi connectivity index (χ0n) is 9.56. The standard InChI is InChI=1S/C14H19N/c1-4-8-14(15-11-12(2)3)13-9-6-5-7-10-13/h4-7,9-12,14H,1,8H2,2-3H3. The molecule has 0 heterocycles. The third kappa shape index (κ3) is 4.11. The fourth-order valence-corrected chi connectivity index (χ4v) is 1.39. The Kier molecular flexibility index (Phi) is 4.82. The second kappa shape index (κ2) is 6.18. The highest BCUT2D eigenvalue weighted by Crippen LogP contribution is 2.21. The minimum absolute atomic E-state index is 0.228. The molecule has 0 spiro atoms. The van der Waals surface area contributed by atoms with Crippen LogP contribution in [0.5, 0.6) is 0 Å². The van der Waals surface area contributed by atoms with Crippen molar-refractivity contribution in [3.05, 3.63) is 48.6 Å². The summed E-state index contributed by atoms with van der Waals surface area (Å²) in [5.74, 6) is 0.501. The quantitative estimate of drug-likeness (QED) is 0.504. The van der Waals surface area contributed by atoms with Gasteiger partial charge in [0.1, 0.15) is 0 Å². The van der Waals surface area contributed by atoms with E-state index in [1.165, 1.54) is 5.56 Å². The van der Waals surface area contributed by atoms with Gasteiger partial charge in [-0.2, -0.15) is 0 Å². The SMILES string of the molecule is C=CCC(N=CC(C)C)c1ccccc1. The zero-order chi connectivity index (χ0) is 11.1. The molecule has 0 aliphatic rings. The second-order valence-electron chi connectivity index (χ2n) is 3.99. The summed E-state index contributed by atoms with van der Waals surface area (Å²) in [6.45, 7) is 8.06. The Morgan fingerprint density at radius 1 is 1.27 bits per heavy atom. The van der Waals surface area contributed by atoms with E-state index in [1.807, 2.05) is 18.4 Å². The Hall–Kier alpha value is -1.37. The average Bonchev–Trinajstić information content (AvgIpc) is 2.25. The molecule has 0 bridgehead atoms. The van der Waals surface area contributed by atoms with Gasteiger partial charge >= 0.3 is 0 Å². The molecular formula is C14H19N. The number of nitrogens with zero attached hydrogens (tertiary/aromatic N) is 1. The first-order chi connectivity index (χ1) is 7.24. The van der Waals surface area contributed by atoms with Crippen LogP contribution in [0.4, 0.5) is 0 Å². The molecular weight excluding hydrogens is 182 g/mol. The van der Waals surface area contributed by atoms with Gasteiger partial charge in [-0.1, -0.05) is 50.3 Å². The van der Waals surface area contributed by atoms with Crippen molar-refractivity contribution in [3.8, 4) is 0 Å². The Labute approximate surface area is 92.6 Å². The molecule has 0 N–H and O–H groups in total. The molecule has 0 aliphatic carbocycles. The Bertz CT molecular complexity index is 311. The van der Waals surface area contributed by atoms with Crippen molar-refractivity contribution >= 4 is 6.21 Å². The van der Waals surface area contributed by atoms with E-state index in [0.717, 1.165) is 6.42 Å². The molecule has 80 valence electrons. The van der Waals surface area contributed by atoms with Crippen molar-refractivity contribution in [2.45, 2.75) is 26.3 Å². The topological polar surface area (TPSA) is 12.4 Å². The van der Waals surface area contributed by atoms with Gasteiger partial charge < -0.3 is 0 Å². The summed E-state index contributed by atoms with van der Waals surface area (Å²) >= 11 is 0. The normalized spacial score (nSPS) is 13.3. The number of aliphatic imine (C=N–C) groups is 1. The monoisotopic (exact) mass is 201 g/mol. The highest BCUT2D eigenvalue weighted by molar-refractivity contribution is 5.60.